The Bertz CT molecular complexity index is 666. The van der Waals surface area contributed by atoms with E-state index in [2.05, 4.69) is 9.88 Å². The second kappa shape index (κ2) is 6.27. The first-order valence-corrected chi connectivity index (χ1v) is 7.96. The van der Waals surface area contributed by atoms with Crippen LogP contribution < -0.4 is 14.5 Å². The number of piperazine rings is 1. The summed E-state index contributed by atoms with van der Waals surface area (Å²) < 4.78 is 43.2. The summed E-state index contributed by atoms with van der Waals surface area (Å²) in [6.07, 6.45) is -3.41. The Hall–Kier alpha value is -1.96. The van der Waals surface area contributed by atoms with Gasteiger partial charge in [0.2, 0.25) is 0 Å². The van der Waals surface area contributed by atoms with Gasteiger partial charge in [-0.2, -0.15) is 13.2 Å². The van der Waals surface area contributed by atoms with Gasteiger partial charge in [-0.15, -0.1) is 0 Å². The molecule has 0 radical (unpaired) electrons. The minimum atomic E-state index is -4.32. The molecule has 1 saturated heterocycles. The lowest BCUT2D eigenvalue weighted by Gasteiger charge is -2.36. The van der Waals surface area contributed by atoms with Crippen molar-refractivity contribution in [3.8, 4) is 5.75 Å². The van der Waals surface area contributed by atoms with Gasteiger partial charge < -0.3 is 14.5 Å². The number of ether oxygens (including phenoxy) is 1. The van der Waals surface area contributed by atoms with E-state index in [-0.39, 0.29) is 0 Å². The second-order valence-corrected chi connectivity index (χ2v) is 6.19. The fraction of sp³-hybridized carbons (Fsp3) is 0.400. The lowest BCUT2D eigenvalue weighted by Crippen LogP contribution is -2.46. The first-order valence-electron chi connectivity index (χ1n) is 7.14. The Morgan fingerprint density at radius 1 is 1.13 bits per heavy atom. The van der Waals surface area contributed by atoms with Crippen LogP contribution in [0.3, 0.4) is 0 Å². The minimum Gasteiger partial charge on any atom is -0.497 e. The summed E-state index contributed by atoms with van der Waals surface area (Å²) in [7, 11) is 1.62. The molecule has 8 heteroatoms. The maximum atomic E-state index is 12.7. The van der Waals surface area contributed by atoms with Gasteiger partial charge in [-0.05, 0) is 12.1 Å². The van der Waals surface area contributed by atoms with Crippen LogP contribution in [0.25, 0.3) is 0 Å². The van der Waals surface area contributed by atoms with Gasteiger partial charge in [0.15, 0.2) is 5.13 Å². The number of methoxy groups -OCH3 is 1. The van der Waals surface area contributed by atoms with Crippen molar-refractivity contribution in [2.45, 2.75) is 6.18 Å². The van der Waals surface area contributed by atoms with Crippen LogP contribution in [0.2, 0.25) is 0 Å². The average molecular weight is 343 g/mol. The number of rotatable bonds is 3. The van der Waals surface area contributed by atoms with Crippen LogP contribution >= 0.6 is 11.3 Å². The fourth-order valence-electron chi connectivity index (χ4n) is 2.51. The van der Waals surface area contributed by atoms with Gasteiger partial charge >= 0.3 is 6.18 Å². The Morgan fingerprint density at radius 3 is 2.43 bits per heavy atom. The van der Waals surface area contributed by atoms with Gasteiger partial charge in [-0.25, -0.2) is 4.98 Å². The number of benzene rings is 1. The summed E-state index contributed by atoms with van der Waals surface area (Å²) in [5, 5.41) is 0.433. The van der Waals surface area contributed by atoms with E-state index in [9.17, 15) is 13.2 Å². The largest absolute Gasteiger partial charge is 0.497 e. The zero-order chi connectivity index (χ0) is 16.4. The van der Waals surface area contributed by atoms with Crippen LogP contribution in [0.5, 0.6) is 5.75 Å². The number of thiazole rings is 1. The number of hydrogen-bond acceptors (Lipinski definition) is 5. The molecule has 1 aliphatic rings. The number of anilines is 2. The third-order valence-electron chi connectivity index (χ3n) is 3.74. The van der Waals surface area contributed by atoms with E-state index >= 15 is 0 Å². The molecule has 0 bridgehead atoms. The van der Waals surface area contributed by atoms with Crippen LogP contribution in [0, 0.1) is 0 Å². The van der Waals surface area contributed by atoms with Crippen molar-refractivity contribution < 1.29 is 17.9 Å². The molecule has 2 aromatic rings. The zero-order valence-electron chi connectivity index (χ0n) is 12.5. The standard InChI is InChI=1S/C15H16F3N3OS/c1-22-12-4-2-3-11(9-12)20-5-7-21(8-6-20)14-19-10-13(23-14)15(16,17)18/h2-4,9-10H,5-8H2,1H3. The molecule has 0 spiro atoms. The molecular weight excluding hydrogens is 327 g/mol. The molecule has 1 aliphatic heterocycles. The monoisotopic (exact) mass is 343 g/mol. The Morgan fingerprint density at radius 2 is 1.83 bits per heavy atom. The van der Waals surface area contributed by atoms with Crippen molar-refractivity contribution in [2.75, 3.05) is 43.1 Å². The molecule has 0 unspecified atom stereocenters. The third kappa shape index (κ3) is 3.52. The number of alkyl halides is 3. The maximum Gasteiger partial charge on any atom is 0.427 e. The fourth-order valence-corrected chi connectivity index (χ4v) is 3.34. The highest BCUT2D eigenvalue weighted by Crippen LogP contribution is 2.36. The quantitative estimate of drug-likeness (QED) is 0.853. The van der Waals surface area contributed by atoms with Crippen LogP contribution in [0.1, 0.15) is 4.88 Å². The lowest BCUT2D eigenvalue weighted by atomic mass is 10.2. The zero-order valence-corrected chi connectivity index (χ0v) is 13.3. The first kappa shape index (κ1) is 15.9. The summed E-state index contributed by atoms with van der Waals surface area (Å²) in [6.45, 7) is 2.74. The molecule has 23 heavy (non-hydrogen) atoms. The topological polar surface area (TPSA) is 28.6 Å². The van der Waals surface area contributed by atoms with Crippen molar-refractivity contribution in [3.63, 3.8) is 0 Å². The van der Waals surface area contributed by atoms with Gasteiger partial charge in [0.25, 0.3) is 0 Å². The van der Waals surface area contributed by atoms with E-state index < -0.39 is 11.1 Å². The van der Waals surface area contributed by atoms with Gasteiger partial charge in [0.1, 0.15) is 10.6 Å². The van der Waals surface area contributed by atoms with E-state index in [0.29, 0.717) is 29.6 Å². The van der Waals surface area contributed by atoms with Gasteiger partial charge in [0, 0.05) is 37.9 Å². The van der Waals surface area contributed by atoms with Crippen molar-refractivity contribution in [1.29, 1.82) is 0 Å². The second-order valence-electron chi connectivity index (χ2n) is 5.18. The number of halogens is 3. The van der Waals surface area contributed by atoms with Crippen LogP contribution in [0.4, 0.5) is 24.0 Å². The molecule has 4 nitrogen and oxygen atoms in total. The molecule has 124 valence electrons. The Balaban J connectivity index is 1.65. The highest BCUT2D eigenvalue weighted by atomic mass is 32.1. The van der Waals surface area contributed by atoms with Crippen molar-refractivity contribution in [3.05, 3.63) is 35.3 Å². The van der Waals surface area contributed by atoms with Crippen molar-refractivity contribution >= 4 is 22.2 Å². The van der Waals surface area contributed by atoms with E-state index in [1.54, 1.807) is 7.11 Å². The summed E-state index contributed by atoms with van der Waals surface area (Å²) in [5.41, 5.74) is 1.05. The normalized spacial score (nSPS) is 15.8. The van der Waals surface area contributed by atoms with E-state index in [1.807, 2.05) is 29.2 Å². The molecule has 1 fully saturated rings. The molecule has 1 aromatic heterocycles. The molecule has 0 N–H and O–H groups in total. The molecule has 2 heterocycles. The van der Waals surface area contributed by atoms with E-state index in [1.165, 1.54) is 0 Å². The number of hydrogen-bond donors (Lipinski definition) is 0. The summed E-state index contributed by atoms with van der Waals surface area (Å²) in [4.78, 5) is 7.36. The molecule has 0 saturated carbocycles. The van der Waals surface area contributed by atoms with E-state index in [4.69, 9.17) is 4.74 Å². The molecule has 3 rings (SSSR count). The molecule has 0 atom stereocenters. The van der Waals surface area contributed by atoms with Gasteiger partial charge in [-0.3, -0.25) is 0 Å². The van der Waals surface area contributed by atoms with Crippen LogP contribution in [-0.2, 0) is 6.18 Å². The third-order valence-corrected chi connectivity index (χ3v) is 4.84. The predicted molar refractivity (Wildman–Crippen MR) is 84.5 cm³/mol. The summed E-state index contributed by atoms with van der Waals surface area (Å²) in [6, 6.07) is 7.77. The van der Waals surface area contributed by atoms with Gasteiger partial charge in [0.05, 0.1) is 13.3 Å². The summed E-state index contributed by atoms with van der Waals surface area (Å²) >= 11 is 0.701. The molecule has 0 amide bonds. The predicted octanol–water partition coefficient (Wildman–Crippen LogP) is 3.50. The Kier molecular flexibility index (Phi) is 4.34. The minimum absolute atomic E-state index is 0.433. The van der Waals surface area contributed by atoms with Crippen molar-refractivity contribution in [2.24, 2.45) is 0 Å². The average Bonchev–Trinajstić information content (AvgIpc) is 3.05. The number of aromatic nitrogens is 1. The molecule has 1 aromatic carbocycles. The summed E-state index contributed by atoms with van der Waals surface area (Å²) in [5.74, 6) is 0.791. The number of nitrogens with zero attached hydrogens (tertiary/aromatic N) is 3. The molecule has 0 aliphatic carbocycles. The highest BCUT2D eigenvalue weighted by Gasteiger charge is 2.34. The Labute approximate surface area is 136 Å². The lowest BCUT2D eigenvalue weighted by molar-refractivity contribution is -0.134. The van der Waals surface area contributed by atoms with Gasteiger partial charge in [-0.1, -0.05) is 17.4 Å². The first-order chi connectivity index (χ1) is 11.0. The smallest absolute Gasteiger partial charge is 0.427 e. The SMILES string of the molecule is COc1cccc(N2CCN(c3ncc(C(F)(F)F)s3)CC2)c1. The van der Waals surface area contributed by atoms with E-state index in [0.717, 1.165) is 30.7 Å². The van der Waals surface area contributed by atoms with Crippen LogP contribution in [-0.4, -0.2) is 38.3 Å². The highest BCUT2D eigenvalue weighted by molar-refractivity contribution is 7.15. The van der Waals surface area contributed by atoms with Crippen LogP contribution in [0.15, 0.2) is 30.5 Å². The van der Waals surface area contributed by atoms with Crippen molar-refractivity contribution in [1.82, 2.24) is 4.98 Å². The molecular formula is C15H16F3N3OS. The maximum absolute atomic E-state index is 12.7.